The molecule has 7 nitrogen and oxygen atoms in total. The number of carbonyl (C=O) groups is 3. The van der Waals surface area contributed by atoms with Crippen LogP contribution in [0.25, 0.3) is 11.1 Å². The number of alkyl carbamates (subject to hydrolysis) is 1. The molecule has 0 radical (unpaired) electrons. The smallest absolute Gasteiger partial charge is 0.407 e. The first kappa shape index (κ1) is 26.1. The summed E-state index contributed by atoms with van der Waals surface area (Å²) < 4.78 is 32.4. The van der Waals surface area contributed by atoms with Crippen molar-refractivity contribution in [2.75, 3.05) is 6.61 Å². The zero-order valence-electron chi connectivity index (χ0n) is 19.9. The van der Waals surface area contributed by atoms with Crippen molar-refractivity contribution in [3.63, 3.8) is 0 Å². The fraction of sp³-hybridized carbons (Fsp3) is 0.423. The molecule has 0 bridgehead atoms. The molecule has 0 saturated carbocycles. The van der Waals surface area contributed by atoms with E-state index >= 15 is 0 Å². The van der Waals surface area contributed by atoms with Gasteiger partial charge >= 0.3 is 12.1 Å². The summed E-state index contributed by atoms with van der Waals surface area (Å²) in [6.45, 7) is 5.34. The molecule has 0 spiro atoms. The van der Waals surface area contributed by atoms with E-state index in [4.69, 9.17) is 4.74 Å². The summed E-state index contributed by atoms with van der Waals surface area (Å²) in [5.41, 5.74) is 3.61. The number of carbonyl (C=O) groups excluding carboxylic acids is 2. The van der Waals surface area contributed by atoms with Crippen molar-refractivity contribution >= 4 is 18.0 Å². The Morgan fingerprint density at radius 1 is 0.971 bits per heavy atom. The van der Waals surface area contributed by atoms with Gasteiger partial charge < -0.3 is 20.5 Å². The molecule has 2 aromatic carbocycles. The molecule has 0 aromatic heterocycles. The van der Waals surface area contributed by atoms with E-state index in [1.165, 1.54) is 0 Å². The molecule has 2 amide bonds. The summed E-state index contributed by atoms with van der Waals surface area (Å²) in [4.78, 5) is 36.1. The quantitative estimate of drug-likeness (QED) is 0.480. The zero-order valence-corrected chi connectivity index (χ0v) is 19.9. The Bertz CT molecular complexity index is 1040. The van der Waals surface area contributed by atoms with Crippen LogP contribution in [0.5, 0.6) is 0 Å². The number of amides is 2. The van der Waals surface area contributed by atoms with Crippen LogP contribution in [0, 0.1) is 5.41 Å². The Morgan fingerprint density at radius 2 is 1.51 bits per heavy atom. The molecule has 0 aliphatic heterocycles. The fourth-order valence-corrected chi connectivity index (χ4v) is 4.26. The summed E-state index contributed by atoms with van der Waals surface area (Å²) >= 11 is 0. The number of hydrogen-bond acceptors (Lipinski definition) is 4. The standard InChI is InChI=1S/C26H30F2N2O5/c1-26(2,3)13-21(24(32)33)29-22(31)12-20(23(27)28)30-25(34)35-14-19-17-10-6-4-8-15(17)16-9-5-7-11-18(16)19/h4-11,19-21,23H,12-14H2,1-3H3,(H,29,31)(H,30,34)(H,32,33). The third kappa shape index (κ3) is 6.77. The molecule has 1 aliphatic rings. The lowest BCUT2D eigenvalue weighted by molar-refractivity contribution is -0.142. The number of hydrogen-bond donors (Lipinski definition) is 3. The largest absolute Gasteiger partial charge is 0.480 e. The van der Waals surface area contributed by atoms with Crippen molar-refractivity contribution in [3.8, 4) is 11.1 Å². The number of rotatable bonds is 9. The first-order chi connectivity index (χ1) is 16.5. The number of ether oxygens (including phenoxy) is 1. The van der Waals surface area contributed by atoms with Gasteiger partial charge in [-0.2, -0.15) is 0 Å². The Hall–Kier alpha value is -3.49. The van der Waals surface area contributed by atoms with E-state index in [1.807, 2.05) is 48.5 Å². The second-order valence-corrected chi connectivity index (χ2v) is 9.84. The van der Waals surface area contributed by atoms with Crippen LogP contribution < -0.4 is 10.6 Å². The zero-order chi connectivity index (χ0) is 25.8. The number of aliphatic carboxylic acids is 1. The molecule has 1 aliphatic carbocycles. The lowest BCUT2D eigenvalue weighted by Gasteiger charge is -2.25. The summed E-state index contributed by atoms with van der Waals surface area (Å²) in [5, 5.41) is 13.7. The molecule has 35 heavy (non-hydrogen) atoms. The third-order valence-corrected chi connectivity index (χ3v) is 5.81. The lowest BCUT2D eigenvalue weighted by atomic mass is 9.88. The topological polar surface area (TPSA) is 105 Å². The van der Waals surface area contributed by atoms with Crippen molar-refractivity contribution in [1.29, 1.82) is 0 Å². The predicted molar refractivity (Wildman–Crippen MR) is 126 cm³/mol. The van der Waals surface area contributed by atoms with Gasteiger partial charge in [-0.1, -0.05) is 69.3 Å². The Balaban J connectivity index is 1.60. The second kappa shape index (κ2) is 10.8. The van der Waals surface area contributed by atoms with Gasteiger partial charge in [0, 0.05) is 5.92 Å². The first-order valence-electron chi connectivity index (χ1n) is 11.4. The Kier molecular flexibility index (Phi) is 8.09. The molecule has 2 atom stereocenters. The number of benzene rings is 2. The van der Waals surface area contributed by atoms with Gasteiger partial charge in [0.1, 0.15) is 18.7 Å². The highest BCUT2D eigenvalue weighted by atomic mass is 19.3. The highest BCUT2D eigenvalue weighted by molar-refractivity contribution is 5.84. The molecule has 0 heterocycles. The number of alkyl halides is 2. The van der Waals surface area contributed by atoms with Gasteiger partial charge in [-0.15, -0.1) is 0 Å². The molecule has 188 valence electrons. The molecule has 9 heteroatoms. The number of halogens is 2. The summed E-state index contributed by atoms with van der Waals surface area (Å²) in [5.74, 6) is -2.40. The minimum atomic E-state index is -3.05. The van der Waals surface area contributed by atoms with Crippen LogP contribution in [0.2, 0.25) is 0 Å². The molecule has 3 N–H and O–H groups in total. The van der Waals surface area contributed by atoms with E-state index in [-0.39, 0.29) is 18.9 Å². The highest BCUT2D eigenvalue weighted by Gasteiger charge is 2.32. The van der Waals surface area contributed by atoms with Crippen molar-refractivity contribution < 1.29 is 33.0 Å². The van der Waals surface area contributed by atoms with E-state index < -0.39 is 48.3 Å². The van der Waals surface area contributed by atoms with Crippen LogP contribution in [0.1, 0.15) is 50.7 Å². The maximum absolute atomic E-state index is 13.6. The van der Waals surface area contributed by atoms with Gasteiger partial charge in [0.15, 0.2) is 0 Å². The van der Waals surface area contributed by atoms with Crippen LogP contribution in [0.4, 0.5) is 13.6 Å². The average molecular weight is 489 g/mol. The fourth-order valence-electron chi connectivity index (χ4n) is 4.26. The number of fused-ring (bicyclic) bond motifs is 3. The molecule has 2 unspecified atom stereocenters. The molecular weight excluding hydrogens is 458 g/mol. The van der Waals surface area contributed by atoms with E-state index in [9.17, 15) is 28.3 Å². The molecule has 3 rings (SSSR count). The van der Waals surface area contributed by atoms with Gasteiger partial charge in [-0.05, 0) is 34.1 Å². The number of nitrogens with one attached hydrogen (secondary N) is 2. The van der Waals surface area contributed by atoms with Gasteiger partial charge in [-0.25, -0.2) is 18.4 Å². The van der Waals surface area contributed by atoms with Crippen molar-refractivity contribution in [2.45, 2.75) is 58.0 Å². The van der Waals surface area contributed by atoms with Gasteiger partial charge in [0.2, 0.25) is 5.91 Å². The number of carboxylic acids is 1. The monoisotopic (exact) mass is 488 g/mol. The molecule has 0 saturated heterocycles. The maximum atomic E-state index is 13.6. The van der Waals surface area contributed by atoms with E-state index in [1.54, 1.807) is 20.8 Å². The minimum absolute atomic E-state index is 0.0608. The summed E-state index contributed by atoms with van der Waals surface area (Å²) in [7, 11) is 0. The maximum Gasteiger partial charge on any atom is 0.407 e. The van der Waals surface area contributed by atoms with Crippen molar-refractivity contribution in [2.24, 2.45) is 5.41 Å². The highest BCUT2D eigenvalue weighted by Crippen LogP contribution is 2.44. The molecule has 0 fully saturated rings. The SMILES string of the molecule is CC(C)(C)CC(NC(=O)CC(NC(=O)OCC1c2ccccc2-c2ccccc21)C(F)F)C(=O)O. The van der Waals surface area contributed by atoms with E-state index in [0.717, 1.165) is 22.3 Å². The van der Waals surface area contributed by atoms with Gasteiger partial charge in [0.25, 0.3) is 6.43 Å². The second-order valence-electron chi connectivity index (χ2n) is 9.84. The first-order valence-corrected chi connectivity index (χ1v) is 11.4. The van der Waals surface area contributed by atoms with E-state index in [2.05, 4.69) is 10.6 Å². The van der Waals surface area contributed by atoms with Gasteiger partial charge in [-0.3, -0.25) is 4.79 Å². The van der Waals surface area contributed by atoms with Crippen LogP contribution in [-0.2, 0) is 14.3 Å². The van der Waals surface area contributed by atoms with Crippen LogP contribution in [0.15, 0.2) is 48.5 Å². The Morgan fingerprint density at radius 3 is 2.00 bits per heavy atom. The average Bonchev–Trinajstić information content (AvgIpc) is 3.09. The van der Waals surface area contributed by atoms with Gasteiger partial charge in [0.05, 0.1) is 6.42 Å². The van der Waals surface area contributed by atoms with Crippen LogP contribution >= 0.6 is 0 Å². The normalized spacial score (nSPS) is 14.6. The third-order valence-electron chi connectivity index (χ3n) is 5.81. The predicted octanol–water partition coefficient (Wildman–Crippen LogP) is 4.55. The van der Waals surface area contributed by atoms with E-state index in [0.29, 0.717) is 0 Å². The molecule has 2 aromatic rings. The number of carboxylic acid groups (broad SMARTS) is 1. The lowest BCUT2D eigenvalue weighted by Crippen LogP contribution is -2.48. The summed E-state index contributed by atoms with van der Waals surface area (Å²) in [6.07, 6.45) is -4.79. The van der Waals surface area contributed by atoms with Crippen molar-refractivity contribution in [1.82, 2.24) is 10.6 Å². The summed E-state index contributed by atoms with van der Waals surface area (Å²) in [6, 6.07) is 12.4. The Labute approximate surface area is 202 Å². The van der Waals surface area contributed by atoms with Crippen LogP contribution in [0.3, 0.4) is 0 Å². The van der Waals surface area contributed by atoms with Crippen molar-refractivity contribution in [3.05, 3.63) is 59.7 Å². The van der Waals surface area contributed by atoms with Crippen LogP contribution in [-0.4, -0.2) is 48.2 Å². The minimum Gasteiger partial charge on any atom is -0.480 e. The molecular formula is C26H30F2N2O5.